The first-order valence-corrected chi connectivity index (χ1v) is 9.16. The zero-order valence-corrected chi connectivity index (χ0v) is 15.0. The number of benzene rings is 1. The number of amides is 2. The molecule has 27 heavy (non-hydrogen) atoms. The van der Waals surface area contributed by atoms with Crippen molar-refractivity contribution in [2.75, 3.05) is 18.4 Å². The quantitative estimate of drug-likeness (QED) is 0.783. The third kappa shape index (κ3) is 4.91. The third-order valence-electron chi connectivity index (χ3n) is 4.24. The molecule has 1 aliphatic rings. The van der Waals surface area contributed by atoms with Crippen LogP contribution in [0.1, 0.15) is 23.3 Å². The normalized spacial score (nSPS) is 15.0. The summed E-state index contributed by atoms with van der Waals surface area (Å²) in [5.41, 5.74) is 6.25. The number of piperidine rings is 1. The maximum absolute atomic E-state index is 12.5. The summed E-state index contributed by atoms with van der Waals surface area (Å²) in [5.74, 6) is -0.640. The molecule has 0 bridgehead atoms. The van der Waals surface area contributed by atoms with Crippen LogP contribution in [-0.2, 0) is 4.79 Å². The lowest BCUT2D eigenvalue weighted by Gasteiger charge is -2.30. The van der Waals surface area contributed by atoms with Gasteiger partial charge in [0.2, 0.25) is 5.91 Å². The van der Waals surface area contributed by atoms with Crippen molar-refractivity contribution in [1.29, 1.82) is 0 Å². The van der Waals surface area contributed by atoms with Crippen LogP contribution in [0.2, 0.25) is 0 Å². The molecule has 0 spiro atoms. The lowest BCUT2D eigenvalue weighted by Crippen LogP contribution is -2.41. The minimum Gasteiger partial charge on any atom is -0.435 e. The van der Waals surface area contributed by atoms with Crippen molar-refractivity contribution in [2.24, 2.45) is 11.7 Å². The molecule has 1 aliphatic heterocycles. The number of ether oxygens (including phenoxy) is 1. The van der Waals surface area contributed by atoms with Crippen molar-refractivity contribution in [2.45, 2.75) is 19.5 Å². The molecule has 1 fully saturated rings. The highest BCUT2D eigenvalue weighted by Gasteiger charge is 2.27. The first-order chi connectivity index (χ1) is 12.9. The molecule has 0 saturated carbocycles. The topological polar surface area (TPSA) is 97.6 Å². The molecule has 0 aliphatic carbocycles. The highest BCUT2D eigenvalue weighted by atomic mass is 32.1. The van der Waals surface area contributed by atoms with Gasteiger partial charge in [-0.25, -0.2) is 4.98 Å². The average Bonchev–Trinajstić information content (AvgIpc) is 3.11. The largest absolute Gasteiger partial charge is 0.435 e. The number of likely N-dealkylation sites (tertiary alicyclic amines) is 1. The van der Waals surface area contributed by atoms with Gasteiger partial charge in [-0.2, -0.15) is 8.78 Å². The monoisotopic (exact) mass is 396 g/mol. The van der Waals surface area contributed by atoms with Crippen LogP contribution in [0, 0.1) is 5.92 Å². The summed E-state index contributed by atoms with van der Waals surface area (Å²) in [6, 6.07) is 5.98. The number of hydrogen-bond acceptors (Lipinski definition) is 6. The zero-order chi connectivity index (χ0) is 19.4. The Balaban J connectivity index is 1.58. The SMILES string of the molecule is NC(=O)C1CCN(C(=O)c2csc(Nc3ccc(OC(F)F)cc3)n2)CC1. The molecule has 0 atom stereocenters. The number of hydrogen-bond donors (Lipinski definition) is 2. The summed E-state index contributed by atoms with van der Waals surface area (Å²) >= 11 is 1.26. The van der Waals surface area contributed by atoms with Crippen molar-refractivity contribution in [3.8, 4) is 5.75 Å². The number of carbonyl (C=O) groups excluding carboxylic acids is 2. The predicted octanol–water partition coefficient (Wildman–Crippen LogP) is 2.83. The number of alkyl halides is 2. The number of halogens is 2. The molecule has 0 unspecified atom stereocenters. The van der Waals surface area contributed by atoms with Gasteiger partial charge in [-0.05, 0) is 37.1 Å². The third-order valence-corrected chi connectivity index (χ3v) is 5.00. The van der Waals surface area contributed by atoms with Crippen LogP contribution in [0.4, 0.5) is 19.6 Å². The minimum atomic E-state index is -2.87. The van der Waals surface area contributed by atoms with Gasteiger partial charge in [-0.15, -0.1) is 11.3 Å². The van der Waals surface area contributed by atoms with Gasteiger partial charge in [0, 0.05) is 30.1 Å². The van der Waals surface area contributed by atoms with Crippen LogP contribution < -0.4 is 15.8 Å². The van der Waals surface area contributed by atoms with E-state index in [0.29, 0.717) is 42.4 Å². The number of primary amides is 1. The number of nitrogens with two attached hydrogens (primary N) is 1. The van der Waals surface area contributed by atoms with E-state index in [1.54, 1.807) is 22.4 Å². The molecular formula is C17H18F2N4O3S. The van der Waals surface area contributed by atoms with Crippen molar-refractivity contribution in [3.63, 3.8) is 0 Å². The predicted molar refractivity (Wildman–Crippen MR) is 96.3 cm³/mol. The van der Waals surface area contributed by atoms with Gasteiger partial charge in [-0.3, -0.25) is 9.59 Å². The van der Waals surface area contributed by atoms with Crippen molar-refractivity contribution < 1.29 is 23.1 Å². The van der Waals surface area contributed by atoms with Crippen LogP contribution in [0.25, 0.3) is 0 Å². The summed E-state index contributed by atoms with van der Waals surface area (Å²) in [4.78, 5) is 29.7. The number of anilines is 2. The van der Waals surface area contributed by atoms with Crippen molar-refractivity contribution in [1.82, 2.24) is 9.88 Å². The Morgan fingerprint density at radius 1 is 1.26 bits per heavy atom. The second-order valence-electron chi connectivity index (χ2n) is 6.03. The highest BCUT2D eigenvalue weighted by Crippen LogP contribution is 2.25. The van der Waals surface area contributed by atoms with Crippen molar-refractivity contribution >= 4 is 34.0 Å². The Morgan fingerprint density at radius 2 is 1.93 bits per heavy atom. The Hall–Kier alpha value is -2.75. The molecule has 1 aromatic heterocycles. The maximum Gasteiger partial charge on any atom is 0.387 e. The summed E-state index contributed by atoms with van der Waals surface area (Å²) < 4.78 is 28.6. The van der Waals surface area contributed by atoms with E-state index in [9.17, 15) is 18.4 Å². The van der Waals surface area contributed by atoms with Gasteiger partial charge in [0.05, 0.1) is 0 Å². The van der Waals surface area contributed by atoms with Crippen LogP contribution in [-0.4, -0.2) is 41.4 Å². The first kappa shape index (κ1) is 19.0. The summed E-state index contributed by atoms with van der Waals surface area (Å²) in [6.07, 6.45) is 1.12. The van der Waals surface area contributed by atoms with Gasteiger partial charge in [0.1, 0.15) is 11.4 Å². The van der Waals surface area contributed by atoms with E-state index < -0.39 is 6.61 Å². The molecule has 0 radical (unpaired) electrons. The van der Waals surface area contributed by atoms with E-state index in [2.05, 4.69) is 15.0 Å². The summed E-state index contributed by atoms with van der Waals surface area (Å²) in [6.45, 7) is -1.93. The summed E-state index contributed by atoms with van der Waals surface area (Å²) in [5, 5.41) is 5.18. The molecule has 1 saturated heterocycles. The van der Waals surface area contributed by atoms with E-state index in [0.717, 1.165) is 0 Å². The smallest absolute Gasteiger partial charge is 0.387 e. The average molecular weight is 396 g/mol. The lowest BCUT2D eigenvalue weighted by atomic mass is 9.96. The van der Waals surface area contributed by atoms with Crippen LogP contribution in [0.15, 0.2) is 29.6 Å². The van der Waals surface area contributed by atoms with Gasteiger partial charge in [0.15, 0.2) is 5.13 Å². The van der Waals surface area contributed by atoms with Crippen molar-refractivity contribution in [3.05, 3.63) is 35.3 Å². The van der Waals surface area contributed by atoms with Gasteiger partial charge in [0.25, 0.3) is 5.91 Å². The molecule has 2 amide bonds. The fourth-order valence-corrected chi connectivity index (χ4v) is 3.51. The second kappa shape index (κ2) is 8.30. The van der Waals surface area contributed by atoms with E-state index in [1.807, 2.05) is 0 Å². The molecule has 7 nitrogen and oxygen atoms in total. The maximum atomic E-state index is 12.5. The molecule has 3 rings (SSSR count). The fourth-order valence-electron chi connectivity index (χ4n) is 2.80. The van der Waals surface area contributed by atoms with E-state index >= 15 is 0 Å². The second-order valence-corrected chi connectivity index (χ2v) is 6.89. The molecule has 2 heterocycles. The number of aromatic nitrogens is 1. The Morgan fingerprint density at radius 3 is 2.52 bits per heavy atom. The van der Waals surface area contributed by atoms with Gasteiger partial charge in [-0.1, -0.05) is 0 Å². The molecule has 10 heteroatoms. The minimum absolute atomic E-state index is 0.0601. The Bertz CT molecular complexity index is 805. The zero-order valence-electron chi connectivity index (χ0n) is 14.2. The summed E-state index contributed by atoms with van der Waals surface area (Å²) in [7, 11) is 0. The van der Waals surface area contributed by atoms with E-state index in [1.165, 1.54) is 23.5 Å². The fraction of sp³-hybridized carbons (Fsp3) is 0.353. The van der Waals surface area contributed by atoms with Crippen LogP contribution in [0.5, 0.6) is 5.75 Å². The molecule has 144 valence electrons. The molecular weight excluding hydrogens is 378 g/mol. The Kier molecular flexibility index (Phi) is 5.84. The van der Waals surface area contributed by atoms with Crippen LogP contribution in [0.3, 0.4) is 0 Å². The van der Waals surface area contributed by atoms with Gasteiger partial charge >= 0.3 is 6.61 Å². The number of nitrogens with zero attached hydrogens (tertiary/aromatic N) is 2. The number of carbonyl (C=O) groups is 2. The standard InChI is InChI=1S/C17H18F2N4O3S/c18-16(19)26-12-3-1-11(2-4-12)21-17-22-13(9-27-17)15(25)23-7-5-10(6-8-23)14(20)24/h1-4,9-10,16H,5-8H2,(H2,20,24)(H,21,22). The van der Waals surface area contributed by atoms with E-state index in [4.69, 9.17) is 5.73 Å². The lowest BCUT2D eigenvalue weighted by molar-refractivity contribution is -0.123. The van der Waals surface area contributed by atoms with Gasteiger partial charge < -0.3 is 20.7 Å². The first-order valence-electron chi connectivity index (χ1n) is 8.28. The number of rotatable bonds is 6. The van der Waals surface area contributed by atoms with Crippen LogP contribution >= 0.6 is 11.3 Å². The number of nitrogens with one attached hydrogen (secondary N) is 1. The molecule has 1 aromatic carbocycles. The Labute approximate surface area is 158 Å². The molecule has 3 N–H and O–H groups in total. The molecule has 2 aromatic rings. The highest BCUT2D eigenvalue weighted by molar-refractivity contribution is 7.14. The van der Waals surface area contributed by atoms with E-state index in [-0.39, 0.29) is 23.5 Å². The number of thiazole rings is 1.